The molecule has 0 aliphatic carbocycles. The molecule has 4 N–H and O–H groups in total. The lowest BCUT2D eigenvalue weighted by Crippen LogP contribution is -2.36. The zero-order valence-electron chi connectivity index (χ0n) is 19.7. The Bertz CT molecular complexity index is 1410. The first-order chi connectivity index (χ1) is 18.0. The summed E-state index contributed by atoms with van der Waals surface area (Å²) in [5.41, 5.74) is 4.32. The summed E-state index contributed by atoms with van der Waals surface area (Å²) in [4.78, 5) is 27.7. The van der Waals surface area contributed by atoms with Gasteiger partial charge in [0, 0.05) is 35.5 Å². The van der Waals surface area contributed by atoms with Crippen molar-refractivity contribution in [3.05, 3.63) is 76.1 Å². The van der Waals surface area contributed by atoms with E-state index in [4.69, 9.17) is 31.9 Å². The lowest BCUT2D eigenvalue weighted by molar-refractivity contribution is -0.141. The highest BCUT2D eigenvalue weighted by molar-refractivity contribution is 6.33. The van der Waals surface area contributed by atoms with Gasteiger partial charge in [0.2, 0.25) is 0 Å². The molecule has 13 heteroatoms. The number of carboxylic acids is 1. The smallest absolute Gasteiger partial charge is 0.433 e. The van der Waals surface area contributed by atoms with Crippen molar-refractivity contribution in [3.63, 3.8) is 0 Å². The van der Waals surface area contributed by atoms with Gasteiger partial charge in [-0.2, -0.15) is 18.4 Å². The third-order valence-electron chi connectivity index (χ3n) is 5.29. The average Bonchev–Trinajstić information content (AvgIpc) is 2.89. The number of hydrogen-bond acceptors (Lipinski definition) is 7. The van der Waals surface area contributed by atoms with Gasteiger partial charge in [-0.1, -0.05) is 29.8 Å². The minimum absolute atomic E-state index is 0.0279. The van der Waals surface area contributed by atoms with Gasteiger partial charge in [0.1, 0.15) is 29.8 Å². The fraction of sp³-hybridized carbons (Fsp3) is 0.200. The van der Waals surface area contributed by atoms with Crippen molar-refractivity contribution in [3.8, 4) is 28.7 Å². The van der Waals surface area contributed by atoms with Crippen LogP contribution in [0.2, 0.25) is 5.02 Å². The molecule has 9 nitrogen and oxygen atoms in total. The summed E-state index contributed by atoms with van der Waals surface area (Å²) in [5.74, 6) is -1.65. The number of pyridine rings is 1. The van der Waals surface area contributed by atoms with Crippen molar-refractivity contribution in [1.29, 1.82) is 5.26 Å². The Hall–Kier alpha value is -4.34. The van der Waals surface area contributed by atoms with Crippen LogP contribution in [0.25, 0.3) is 11.1 Å². The van der Waals surface area contributed by atoms with Gasteiger partial charge in [-0.3, -0.25) is 14.6 Å². The van der Waals surface area contributed by atoms with Gasteiger partial charge in [-0.15, -0.1) is 0 Å². The molecule has 0 spiro atoms. The molecule has 0 aliphatic rings. The zero-order valence-corrected chi connectivity index (χ0v) is 20.4. The second-order valence-corrected chi connectivity index (χ2v) is 8.21. The van der Waals surface area contributed by atoms with E-state index < -0.39 is 36.4 Å². The number of ether oxygens (including phenoxy) is 2. The molecule has 1 unspecified atom stereocenters. The van der Waals surface area contributed by atoms with E-state index in [9.17, 15) is 28.0 Å². The van der Waals surface area contributed by atoms with Crippen LogP contribution >= 0.6 is 11.6 Å². The van der Waals surface area contributed by atoms with Crippen molar-refractivity contribution in [2.45, 2.75) is 18.8 Å². The van der Waals surface area contributed by atoms with Gasteiger partial charge >= 0.3 is 12.1 Å². The van der Waals surface area contributed by atoms with E-state index in [1.165, 1.54) is 19.2 Å². The fourth-order valence-corrected chi connectivity index (χ4v) is 3.60. The Balaban J connectivity index is 2.05. The second-order valence-electron chi connectivity index (χ2n) is 7.80. The van der Waals surface area contributed by atoms with Gasteiger partial charge in [0.05, 0.1) is 29.3 Å². The molecule has 0 saturated heterocycles. The van der Waals surface area contributed by atoms with Crippen molar-refractivity contribution < 1.29 is 37.3 Å². The Morgan fingerprint density at radius 1 is 1.21 bits per heavy atom. The SMILES string of the molecule is COc1ccccc1CNC(=O)c1cc(-c2cnc(C(F)(F)F)cc2C#N)c(Cl)cc1OCC(N)C(=O)O. The highest BCUT2D eigenvalue weighted by Crippen LogP contribution is 2.37. The number of nitrogens with two attached hydrogens (primary N) is 1. The number of carbonyl (C=O) groups is 2. The molecule has 38 heavy (non-hydrogen) atoms. The van der Waals surface area contributed by atoms with Crippen molar-refractivity contribution in [1.82, 2.24) is 10.3 Å². The zero-order chi connectivity index (χ0) is 28.0. The normalized spacial score (nSPS) is 11.8. The molecule has 1 heterocycles. The number of nitriles is 1. The van der Waals surface area contributed by atoms with Gasteiger partial charge in [-0.05, 0) is 18.2 Å². The third kappa shape index (κ3) is 6.50. The number of carbonyl (C=O) groups excluding carboxylic acids is 1. The molecule has 0 bridgehead atoms. The lowest BCUT2D eigenvalue weighted by atomic mass is 9.98. The molecule has 1 atom stereocenters. The first kappa shape index (κ1) is 28.2. The molecule has 3 rings (SSSR count). The number of rotatable bonds is 9. The quantitative estimate of drug-likeness (QED) is 0.363. The molecule has 0 radical (unpaired) electrons. The standard InChI is InChI=1S/C25H20ClF3N4O5/c1-37-20-5-3-2-4-13(20)10-33-23(34)16-7-15(18(26)8-21(16)38-12-19(31)24(35)36)17-11-32-22(25(27,28)29)6-14(17)9-30/h2-8,11,19H,10,12,31H2,1H3,(H,33,34)(H,35,36). The Kier molecular flexibility index (Phi) is 8.77. The van der Waals surface area contributed by atoms with Gasteiger partial charge in [-0.25, -0.2) is 0 Å². The molecular weight excluding hydrogens is 529 g/mol. The number of nitrogens with one attached hydrogen (secondary N) is 1. The molecule has 0 fully saturated rings. The molecular formula is C25H20ClF3N4O5. The molecule has 1 aromatic heterocycles. The molecule has 1 amide bonds. The van der Waals surface area contributed by atoms with Crippen molar-refractivity contribution in [2.24, 2.45) is 5.73 Å². The number of methoxy groups -OCH3 is 1. The van der Waals surface area contributed by atoms with E-state index in [1.54, 1.807) is 30.3 Å². The van der Waals surface area contributed by atoms with Gasteiger partial charge in [0.15, 0.2) is 0 Å². The predicted molar refractivity (Wildman–Crippen MR) is 130 cm³/mol. The van der Waals surface area contributed by atoms with E-state index in [0.29, 0.717) is 17.4 Å². The van der Waals surface area contributed by atoms with E-state index in [-0.39, 0.29) is 39.6 Å². The monoisotopic (exact) mass is 548 g/mol. The number of benzene rings is 2. The minimum atomic E-state index is -4.78. The van der Waals surface area contributed by atoms with Crippen LogP contribution in [0.5, 0.6) is 11.5 Å². The summed E-state index contributed by atoms with van der Waals surface area (Å²) in [7, 11) is 1.47. The summed E-state index contributed by atoms with van der Waals surface area (Å²) in [6, 6.07) is 10.2. The van der Waals surface area contributed by atoms with E-state index in [2.05, 4.69) is 10.3 Å². The molecule has 0 aliphatic heterocycles. The first-order valence-electron chi connectivity index (χ1n) is 10.8. The highest BCUT2D eigenvalue weighted by Gasteiger charge is 2.33. The van der Waals surface area contributed by atoms with Crippen molar-refractivity contribution >= 4 is 23.5 Å². The Morgan fingerprint density at radius 3 is 2.55 bits per heavy atom. The third-order valence-corrected chi connectivity index (χ3v) is 5.60. The molecule has 0 saturated carbocycles. The Morgan fingerprint density at radius 2 is 1.92 bits per heavy atom. The maximum atomic E-state index is 13.2. The summed E-state index contributed by atoms with van der Waals surface area (Å²) >= 11 is 6.35. The Labute approximate surface area is 219 Å². The largest absolute Gasteiger partial charge is 0.496 e. The van der Waals surface area contributed by atoms with Gasteiger partial charge in [0.25, 0.3) is 5.91 Å². The number of para-hydroxylation sites is 1. The van der Waals surface area contributed by atoms with E-state index in [1.807, 2.05) is 0 Å². The number of halogens is 4. The van der Waals surface area contributed by atoms with Crippen LogP contribution < -0.4 is 20.5 Å². The second kappa shape index (κ2) is 11.8. The number of aromatic nitrogens is 1. The number of nitrogens with zero attached hydrogens (tertiary/aromatic N) is 2. The number of aliphatic carboxylic acids is 1. The summed E-state index contributed by atoms with van der Waals surface area (Å²) in [6.45, 7) is -0.483. The first-order valence-corrected chi connectivity index (χ1v) is 11.2. The van der Waals surface area contributed by atoms with E-state index in [0.717, 1.165) is 6.20 Å². The fourth-order valence-electron chi connectivity index (χ4n) is 3.35. The van der Waals surface area contributed by atoms with Crippen LogP contribution in [0.4, 0.5) is 13.2 Å². The van der Waals surface area contributed by atoms with Gasteiger partial charge < -0.3 is 25.6 Å². The number of hydrogen-bond donors (Lipinski definition) is 3. The maximum Gasteiger partial charge on any atom is 0.433 e. The average molecular weight is 549 g/mol. The number of alkyl halides is 3. The lowest BCUT2D eigenvalue weighted by Gasteiger charge is -2.17. The highest BCUT2D eigenvalue weighted by atomic mass is 35.5. The molecule has 2 aromatic carbocycles. The van der Waals surface area contributed by atoms with Crippen molar-refractivity contribution in [2.75, 3.05) is 13.7 Å². The van der Waals surface area contributed by atoms with Crippen LogP contribution in [0, 0.1) is 11.3 Å². The van der Waals surface area contributed by atoms with E-state index >= 15 is 0 Å². The number of amides is 1. The molecule has 198 valence electrons. The van der Waals surface area contributed by atoms with Crippen LogP contribution in [-0.2, 0) is 17.5 Å². The predicted octanol–water partition coefficient (Wildman–Crippen LogP) is 4.02. The number of carboxylic acid groups (broad SMARTS) is 1. The minimum Gasteiger partial charge on any atom is -0.496 e. The van der Waals surface area contributed by atoms with Crippen LogP contribution in [0.15, 0.2) is 48.7 Å². The maximum absolute atomic E-state index is 13.2. The topological polar surface area (TPSA) is 148 Å². The summed E-state index contributed by atoms with van der Waals surface area (Å²) in [6.07, 6.45) is -3.95. The van der Waals surface area contributed by atoms with Crippen LogP contribution in [-0.4, -0.2) is 41.7 Å². The summed E-state index contributed by atoms with van der Waals surface area (Å²) < 4.78 is 50.0. The van der Waals surface area contributed by atoms with Crippen LogP contribution in [0.1, 0.15) is 27.2 Å². The summed E-state index contributed by atoms with van der Waals surface area (Å²) in [5, 5.41) is 21.1. The molecule has 3 aromatic rings. The van der Waals surface area contributed by atoms with Crippen LogP contribution in [0.3, 0.4) is 0 Å².